The van der Waals surface area contributed by atoms with E-state index in [4.69, 9.17) is 0 Å². The first-order valence-corrected chi connectivity index (χ1v) is 13.3. The Morgan fingerprint density at radius 1 is 1.14 bits per heavy atom. The van der Waals surface area contributed by atoms with Gasteiger partial charge in [-0.3, -0.25) is 14.5 Å². The number of likely N-dealkylation sites (tertiary alicyclic amines) is 1. The van der Waals surface area contributed by atoms with Gasteiger partial charge in [-0.25, -0.2) is 9.18 Å². The number of hydrogen-bond acceptors (Lipinski definition) is 4. The van der Waals surface area contributed by atoms with Gasteiger partial charge in [-0.2, -0.15) is 0 Å². The molecule has 0 aromatic heterocycles. The standard InChI is InChI=1S/C28H39FN4O3/c1-31(2)15-6-16-33-26(35)28(30-27(33)36,20-22-9-11-24(29)12-10-22)23-13-17-32(18-14-23)25(34)19-21-7-4-3-5-8-21/h7,9-12,23H,3-6,8,13-20H2,1-2H3,(H,30,36). The number of nitrogens with zero attached hydrogens (tertiary/aromatic N) is 3. The second-order valence-corrected chi connectivity index (χ2v) is 10.8. The third kappa shape index (κ3) is 5.97. The fraction of sp³-hybridized carbons (Fsp3) is 0.607. The van der Waals surface area contributed by atoms with Gasteiger partial charge in [0.15, 0.2) is 0 Å². The fourth-order valence-corrected chi connectivity index (χ4v) is 5.85. The highest BCUT2D eigenvalue weighted by Gasteiger charge is 2.55. The molecule has 2 fully saturated rings. The second kappa shape index (κ2) is 11.5. The monoisotopic (exact) mass is 498 g/mol. The molecule has 1 aliphatic carbocycles. The Labute approximate surface area is 213 Å². The second-order valence-electron chi connectivity index (χ2n) is 10.8. The number of carbonyl (C=O) groups excluding carboxylic acids is 3. The number of hydrogen-bond donors (Lipinski definition) is 1. The van der Waals surface area contributed by atoms with Gasteiger partial charge < -0.3 is 15.1 Å². The van der Waals surface area contributed by atoms with Crippen LogP contribution in [0.2, 0.25) is 0 Å². The van der Waals surface area contributed by atoms with E-state index in [1.54, 1.807) is 12.1 Å². The van der Waals surface area contributed by atoms with E-state index in [2.05, 4.69) is 11.4 Å². The highest BCUT2D eigenvalue weighted by molar-refractivity contribution is 6.07. The molecule has 2 heterocycles. The summed E-state index contributed by atoms with van der Waals surface area (Å²) in [7, 11) is 3.93. The van der Waals surface area contributed by atoms with Gasteiger partial charge in [0.2, 0.25) is 5.91 Å². The van der Waals surface area contributed by atoms with Gasteiger partial charge in [0.1, 0.15) is 11.4 Å². The Bertz CT molecular complexity index is 985. The minimum atomic E-state index is -1.08. The quantitative estimate of drug-likeness (QED) is 0.416. The van der Waals surface area contributed by atoms with E-state index < -0.39 is 5.54 Å². The minimum absolute atomic E-state index is 0.101. The number of amides is 4. The van der Waals surface area contributed by atoms with Crippen LogP contribution >= 0.6 is 0 Å². The van der Waals surface area contributed by atoms with Crippen molar-refractivity contribution in [2.24, 2.45) is 5.92 Å². The van der Waals surface area contributed by atoms with Crippen LogP contribution in [0.4, 0.5) is 9.18 Å². The lowest BCUT2D eigenvalue weighted by Gasteiger charge is -2.41. The molecule has 0 saturated carbocycles. The molecule has 1 unspecified atom stereocenters. The maximum atomic E-state index is 13.8. The van der Waals surface area contributed by atoms with Crippen molar-refractivity contribution in [3.63, 3.8) is 0 Å². The molecular formula is C28H39FN4O3. The van der Waals surface area contributed by atoms with Gasteiger partial charge in [-0.15, -0.1) is 0 Å². The first-order chi connectivity index (χ1) is 17.3. The van der Waals surface area contributed by atoms with Crippen LogP contribution < -0.4 is 5.32 Å². The maximum Gasteiger partial charge on any atom is 0.325 e. The Kier molecular flexibility index (Phi) is 8.44. The van der Waals surface area contributed by atoms with E-state index >= 15 is 0 Å². The summed E-state index contributed by atoms with van der Waals surface area (Å²) in [6, 6.07) is 5.79. The van der Waals surface area contributed by atoms with Crippen LogP contribution in [0.3, 0.4) is 0 Å². The molecule has 0 spiro atoms. The molecule has 4 rings (SSSR count). The normalized spacial score (nSPS) is 23.3. The van der Waals surface area contributed by atoms with Crippen LogP contribution in [-0.2, 0) is 16.0 Å². The van der Waals surface area contributed by atoms with Crippen molar-refractivity contribution < 1.29 is 18.8 Å². The summed E-state index contributed by atoms with van der Waals surface area (Å²) in [5.41, 5.74) is 0.976. The van der Waals surface area contributed by atoms with Gasteiger partial charge in [-0.1, -0.05) is 23.8 Å². The van der Waals surface area contributed by atoms with Crippen molar-refractivity contribution >= 4 is 17.8 Å². The number of halogens is 1. The lowest BCUT2D eigenvalue weighted by atomic mass is 9.73. The van der Waals surface area contributed by atoms with E-state index in [9.17, 15) is 18.8 Å². The van der Waals surface area contributed by atoms with Crippen LogP contribution in [-0.4, -0.2) is 78.4 Å². The maximum absolute atomic E-state index is 13.8. The molecule has 0 radical (unpaired) electrons. The molecule has 2 aliphatic heterocycles. The zero-order valence-corrected chi connectivity index (χ0v) is 21.6. The van der Waals surface area contributed by atoms with Gasteiger partial charge in [0.25, 0.3) is 5.91 Å². The number of piperidine rings is 1. The highest BCUT2D eigenvalue weighted by atomic mass is 19.1. The number of imide groups is 1. The SMILES string of the molecule is CN(C)CCCN1C(=O)NC(Cc2ccc(F)cc2)(C2CCN(C(=O)CC3=CCCCC3)CC2)C1=O. The number of rotatable bonds is 9. The average molecular weight is 499 g/mol. The average Bonchev–Trinajstić information content (AvgIpc) is 3.11. The van der Waals surface area contributed by atoms with Crippen LogP contribution in [0.5, 0.6) is 0 Å². The molecule has 0 bridgehead atoms. The molecule has 3 aliphatic rings. The number of allylic oxidation sites excluding steroid dienone is 1. The van der Waals surface area contributed by atoms with Crippen LogP contribution in [0.15, 0.2) is 35.9 Å². The van der Waals surface area contributed by atoms with Crippen LogP contribution in [0, 0.1) is 11.7 Å². The summed E-state index contributed by atoms with van der Waals surface area (Å²) in [6.45, 7) is 2.29. The van der Waals surface area contributed by atoms with E-state index in [1.807, 2.05) is 23.9 Å². The first-order valence-electron chi connectivity index (χ1n) is 13.3. The molecule has 1 aromatic carbocycles. The molecule has 1 aromatic rings. The molecule has 2 saturated heterocycles. The molecule has 36 heavy (non-hydrogen) atoms. The molecule has 1 atom stereocenters. The molecule has 8 heteroatoms. The third-order valence-corrected chi connectivity index (χ3v) is 7.89. The summed E-state index contributed by atoms with van der Waals surface area (Å²) < 4.78 is 13.6. The molecule has 7 nitrogen and oxygen atoms in total. The Hall–Kier alpha value is -2.74. The molecule has 196 valence electrons. The summed E-state index contributed by atoms with van der Waals surface area (Å²) in [4.78, 5) is 45.1. The van der Waals surface area contributed by atoms with Crippen molar-refractivity contribution in [1.82, 2.24) is 20.0 Å². The fourth-order valence-electron chi connectivity index (χ4n) is 5.85. The van der Waals surface area contributed by atoms with Crippen LogP contribution in [0.25, 0.3) is 0 Å². The van der Waals surface area contributed by atoms with Crippen LogP contribution in [0.1, 0.15) is 56.9 Å². The predicted octanol–water partition coefficient (Wildman–Crippen LogP) is 3.74. The lowest BCUT2D eigenvalue weighted by Crippen LogP contribution is -2.58. The van der Waals surface area contributed by atoms with E-state index in [1.165, 1.54) is 29.0 Å². The van der Waals surface area contributed by atoms with E-state index in [0.717, 1.165) is 31.4 Å². The van der Waals surface area contributed by atoms with Crippen molar-refractivity contribution in [2.45, 2.75) is 63.3 Å². The van der Waals surface area contributed by atoms with Crippen molar-refractivity contribution in [2.75, 3.05) is 40.3 Å². The van der Waals surface area contributed by atoms with Crippen molar-refractivity contribution in [3.05, 3.63) is 47.3 Å². The summed E-state index contributed by atoms with van der Waals surface area (Å²) in [6.07, 6.45) is 9.41. The summed E-state index contributed by atoms with van der Waals surface area (Å²) in [5, 5.41) is 3.07. The Morgan fingerprint density at radius 2 is 1.86 bits per heavy atom. The van der Waals surface area contributed by atoms with Gasteiger partial charge in [-0.05, 0) is 89.2 Å². The number of nitrogens with one attached hydrogen (secondary N) is 1. The Balaban J connectivity index is 1.48. The lowest BCUT2D eigenvalue weighted by molar-refractivity contribution is -0.135. The Morgan fingerprint density at radius 3 is 2.50 bits per heavy atom. The smallest absolute Gasteiger partial charge is 0.325 e. The van der Waals surface area contributed by atoms with Crippen molar-refractivity contribution in [3.8, 4) is 0 Å². The largest absolute Gasteiger partial charge is 0.342 e. The summed E-state index contributed by atoms with van der Waals surface area (Å²) >= 11 is 0. The zero-order chi connectivity index (χ0) is 25.7. The molecule has 1 N–H and O–H groups in total. The van der Waals surface area contributed by atoms with Gasteiger partial charge in [0.05, 0.1) is 0 Å². The van der Waals surface area contributed by atoms with E-state index in [0.29, 0.717) is 51.7 Å². The highest BCUT2D eigenvalue weighted by Crippen LogP contribution is 2.37. The molecule has 4 amide bonds. The van der Waals surface area contributed by atoms with Crippen molar-refractivity contribution in [1.29, 1.82) is 0 Å². The number of urea groups is 1. The zero-order valence-electron chi connectivity index (χ0n) is 21.6. The first kappa shape index (κ1) is 26.3. The van der Waals surface area contributed by atoms with Gasteiger partial charge >= 0.3 is 6.03 Å². The third-order valence-electron chi connectivity index (χ3n) is 7.89. The van der Waals surface area contributed by atoms with Gasteiger partial charge in [0, 0.05) is 32.5 Å². The number of benzene rings is 1. The topological polar surface area (TPSA) is 73.0 Å². The number of carbonyl (C=O) groups is 3. The minimum Gasteiger partial charge on any atom is -0.342 e. The summed E-state index contributed by atoms with van der Waals surface area (Å²) in [5.74, 6) is -0.482. The predicted molar refractivity (Wildman–Crippen MR) is 137 cm³/mol. The van der Waals surface area contributed by atoms with E-state index in [-0.39, 0.29) is 29.6 Å². The molecular weight excluding hydrogens is 459 g/mol.